The summed E-state index contributed by atoms with van der Waals surface area (Å²) in [4.78, 5) is 26.8. The lowest BCUT2D eigenvalue weighted by molar-refractivity contribution is 0.0691. The van der Waals surface area contributed by atoms with Gasteiger partial charge in [0.1, 0.15) is 5.75 Å². The third-order valence-electron chi connectivity index (χ3n) is 6.27. The van der Waals surface area contributed by atoms with Crippen molar-refractivity contribution in [2.75, 3.05) is 0 Å². The van der Waals surface area contributed by atoms with Crippen molar-refractivity contribution in [1.29, 1.82) is 0 Å². The summed E-state index contributed by atoms with van der Waals surface area (Å²) in [5.74, 6) is -1.94. The maximum atomic E-state index is 12.5. The van der Waals surface area contributed by atoms with Crippen LogP contribution in [0.4, 0.5) is 0 Å². The molecule has 4 rings (SSSR count). The predicted octanol–water partition coefficient (Wildman–Crippen LogP) is 3.88. The number of nitrogens with one attached hydrogen (secondary N) is 2. The van der Waals surface area contributed by atoms with Gasteiger partial charge in [-0.1, -0.05) is 13.0 Å². The molecule has 4 N–H and O–H groups in total. The number of hydrogen-bond acceptors (Lipinski definition) is 4. The molecule has 0 fully saturated rings. The van der Waals surface area contributed by atoms with Crippen LogP contribution in [0.5, 0.6) is 5.75 Å². The molecule has 2 heterocycles. The Morgan fingerprint density at radius 3 is 2.68 bits per heavy atom. The van der Waals surface area contributed by atoms with Gasteiger partial charge in [-0.3, -0.25) is 4.79 Å². The average Bonchev–Trinajstić information content (AvgIpc) is 2.91. The second-order valence-electron chi connectivity index (χ2n) is 9.53. The van der Waals surface area contributed by atoms with Crippen LogP contribution >= 0.6 is 0 Å². The van der Waals surface area contributed by atoms with Crippen LogP contribution in [0.15, 0.2) is 23.0 Å². The van der Waals surface area contributed by atoms with Crippen molar-refractivity contribution in [3.63, 3.8) is 0 Å². The lowest BCUT2D eigenvalue weighted by Crippen LogP contribution is -2.35. The molecule has 1 aromatic carbocycles. The van der Waals surface area contributed by atoms with Crippen molar-refractivity contribution in [1.82, 2.24) is 14.9 Å². The number of aryl methyl sites for hydroxylation is 2. The van der Waals surface area contributed by atoms with E-state index in [2.05, 4.69) is 48.8 Å². The van der Waals surface area contributed by atoms with E-state index in [1.807, 2.05) is 19.1 Å². The molecule has 0 saturated heterocycles. The second kappa shape index (κ2) is 7.27. The molecular weight excluding hydrogens is 394 g/mol. The van der Waals surface area contributed by atoms with E-state index in [-0.39, 0.29) is 11.5 Å². The van der Waals surface area contributed by atoms with Crippen molar-refractivity contribution in [2.24, 2.45) is 7.05 Å². The molecule has 7 nitrogen and oxygen atoms in total. The quantitative estimate of drug-likeness (QED) is 0.511. The van der Waals surface area contributed by atoms with Gasteiger partial charge in [0.15, 0.2) is 5.56 Å². The smallest absolute Gasteiger partial charge is 0.345 e. The first kappa shape index (κ1) is 21.2. The molecule has 3 aromatic rings. The number of aromatic carboxylic acids is 1. The third-order valence-corrected chi connectivity index (χ3v) is 6.27. The van der Waals surface area contributed by atoms with Crippen LogP contribution in [0.2, 0.25) is 0 Å². The summed E-state index contributed by atoms with van der Waals surface area (Å²) in [6, 6.07) is 6.17. The van der Waals surface area contributed by atoms with Gasteiger partial charge in [-0.2, -0.15) is 0 Å². The molecule has 0 spiro atoms. The Hall–Kier alpha value is -3.06. The molecule has 1 aliphatic carbocycles. The number of H-pyrrole nitrogens is 1. The maximum absolute atomic E-state index is 12.5. The predicted molar refractivity (Wildman–Crippen MR) is 121 cm³/mol. The number of carbonyl (C=O) groups is 1. The summed E-state index contributed by atoms with van der Waals surface area (Å²) in [6.07, 6.45) is 1.50. The Bertz CT molecular complexity index is 1260. The number of benzene rings is 1. The van der Waals surface area contributed by atoms with Crippen LogP contribution < -0.4 is 10.9 Å². The van der Waals surface area contributed by atoms with Gasteiger partial charge in [0, 0.05) is 46.9 Å². The molecule has 7 heteroatoms. The molecule has 1 aliphatic rings. The number of fused-ring (bicyclic) bond motifs is 5. The van der Waals surface area contributed by atoms with Gasteiger partial charge in [-0.25, -0.2) is 4.79 Å². The molecule has 0 aliphatic heterocycles. The van der Waals surface area contributed by atoms with E-state index in [1.54, 1.807) is 0 Å². The van der Waals surface area contributed by atoms with Crippen molar-refractivity contribution >= 4 is 16.9 Å². The van der Waals surface area contributed by atoms with E-state index < -0.39 is 22.8 Å². The van der Waals surface area contributed by atoms with Gasteiger partial charge in [-0.15, -0.1) is 0 Å². The number of hydrogen-bond donors (Lipinski definition) is 4. The number of aromatic hydroxyl groups is 1. The van der Waals surface area contributed by atoms with Crippen molar-refractivity contribution in [2.45, 2.75) is 58.5 Å². The summed E-state index contributed by atoms with van der Waals surface area (Å²) >= 11 is 0. The van der Waals surface area contributed by atoms with Crippen LogP contribution in [0, 0.1) is 0 Å². The minimum atomic E-state index is -1.42. The molecule has 0 amide bonds. The average molecular weight is 424 g/mol. The first-order chi connectivity index (χ1) is 14.5. The van der Waals surface area contributed by atoms with E-state index in [9.17, 15) is 19.8 Å². The molecule has 31 heavy (non-hydrogen) atoms. The number of pyridine rings is 1. The van der Waals surface area contributed by atoms with Gasteiger partial charge >= 0.3 is 5.97 Å². The molecule has 164 valence electrons. The van der Waals surface area contributed by atoms with Gasteiger partial charge in [0.2, 0.25) is 0 Å². The van der Waals surface area contributed by atoms with E-state index in [1.165, 1.54) is 0 Å². The van der Waals surface area contributed by atoms with Crippen LogP contribution in [-0.2, 0) is 20.0 Å². The molecule has 0 bridgehead atoms. The highest BCUT2D eigenvalue weighted by Crippen LogP contribution is 2.43. The summed E-state index contributed by atoms with van der Waals surface area (Å²) in [6.45, 7) is 9.09. The lowest BCUT2D eigenvalue weighted by atomic mass is 9.93. The van der Waals surface area contributed by atoms with Crippen molar-refractivity contribution < 1.29 is 15.0 Å². The summed E-state index contributed by atoms with van der Waals surface area (Å²) in [5.41, 5.74) is 3.87. The Morgan fingerprint density at radius 2 is 2.03 bits per heavy atom. The lowest BCUT2D eigenvalue weighted by Gasteiger charge is -2.20. The Morgan fingerprint density at radius 1 is 1.32 bits per heavy atom. The van der Waals surface area contributed by atoms with Crippen LogP contribution in [0.1, 0.15) is 67.2 Å². The first-order valence-corrected chi connectivity index (χ1v) is 10.6. The van der Waals surface area contributed by atoms with Crippen LogP contribution in [-0.4, -0.2) is 31.3 Å². The number of aromatic nitrogens is 2. The summed E-state index contributed by atoms with van der Waals surface area (Å²) < 4.78 is 2.18. The number of aromatic amines is 1. The minimum Gasteiger partial charge on any atom is -0.506 e. The largest absolute Gasteiger partial charge is 0.506 e. The monoisotopic (exact) mass is 423 g/mol. The van der Waals surface area contributed by atoms with E-state index in [0.717, 1.165) is 47.1 Å². The fourth-order valence-corrected chi connectivity index (χ4v) is 4.55. The Balaban J connectivity index is 1.94. The van der Waals surface area contributed by atoms with E-state index in [4.69, 9.17) is 0 Å². The number of nitrogens with zero attached hydrogens (tertiary/aromatic N) is 1. The van der Waals surface area contributed by atoms with E-state index >= 15 is 0 Å². The van der Waals surface area contributed by atoms with Crippen LogP contribution in [0.25, 0.3) is 22.2 Å². The van der Waals surface area contributed by atoms with E-state index in [0.29, 0.717) is 11.3 Å². The normalized spacial score (nSPS) is 16.1. The Kier molecular flexibility index (Phi) is 4.97. The molecular formula is C24H29N3O4. The highest BCUT2D eigenvalue weighted by Gasteiger charge is 2.30. The van der Waals surface area contributed by atoms with Crippen molar-refractivity contribution in [3.05, 3.63) is 50.9 Å². The standard InChI is InChI=1S/C24H29N3O4/c1-12-6-7-14-15(20-18(12)21(28)19(23(30)31)22(29)26-20)8-9-17-16(14)10-13(27(17)5)11-25-24(2,3)4/h8-10,12,25H,6-7,11H2,1-5H3,(H,30,31)(H2,26,28,29). The number of rotatable bonds is 3. The number of carboxylic acid groups (broad SMARTS) is 1. The summed E-state index contributed by atoms with van der Waals surface area (Å²) in [7, 11) is 2.05. The van der Waals surface area contributed by atoms with Gasteiger partial charge in [0.25, 0.3) is 5.56 Å². The highest BCUT2D eigenvalue weighted by molar-refractivity contribution is 5.95. The SMILES string of the molecule is CC1CCc2c(ccc3c2cc(CNC(C)(C)C)n3C)-c2[nH]c(=O)c(C(=O)O)c(O)c21. The zero-order chi connectivity index (χ0) is 22.7. The zero-order valence-electron chi connectivity index (χ0n) is 18.6. The second-order valence-corrected chi connectivity index (χ2v) is 9.53. The molecule has 1 unspecified atom stereocenters. The number of carboxylic acids is 1. The first-order valence-electron chi connectivity index (χ1n) is 10.6. The highest BCUT2D eigenvalue weighted by atomic mass is 16.4. The molecule has 1 atom stereocenters. The molecule has 0 radical (unpaired) electrons. The fourth-order valence-electron chi connectivity index (χ4n) is 4.55. The third kappa shape index (κ3) is 3.53. The Labute approximate surface area is 180 Å². The van der Waals surface area contributed by atoms with Crippen molar-refractivity contribution in [3.8, 4) is 17.0 Å². The van der Waals surface area contributed by atoms with Gasteiger partial charge in [0.05, 0.1) is 5.69 Å². The van der Waals surface area contributed by atoms with Crippen LogP contribution in [0.3, 0.4) is 0 Å². The van der Waals surface area contributed by atoms with Gasteiger partial charge < -0.3 is 25.1 Å². The molecule has 2 aromatic heterocycles. The molecule has 0 saturated carbocycles. The summed E-state index contributed by atoms with van der Waals surface area (Å²) in [5, 5.41) is 24.7. The van der Waals surface area contributed by atoms with Gasteiger partial charge in [-0.05, 0) is 57.2 Å². The maximum Gasteiger partial charge on any atom is 0.345 e. The zero-order valence-corrected chi connectivity index (χ0v) is 18.6. The fraction of sp³-hybridized carbons (Fsp3) is 0.417. The minimum absolute atomic E-state index is 0.000591. The topological polar surface area (TPSA) is 107 Å².